The molecule has 0 amide bonds. The number of ether oxygens (including phenoxy) is 2. The van der Waals surface area contributed by atoms with Gasteiger partial charge in [-0.3, -0.25) is 0 Å². The van der Waals surface area contributed by atoms with E-state index in [-0.39, 0.29) is 6.61 Å². The van der Waals surface area contributed by atoms with Crippen LogP contribution < -0.4 is 4.74 Å². The first-order chi connectivity index (χ1) is 9.17. The number of nitrogens with zero attached hydrogens (tertiary/aromatic N) is 1. The van der Waals surface area contributed by atoms with Gasteiger partial charge in [0.1, 0.15) is 11.3 Å². The molecule has 0 atom stereocenters. The van der Waals surface area contributed by atoms with E-state index in [2.05, 4.69) is 14.5 Å². The van der Waals surface area contributed by atoms with E-state index in [1.54, 1.807) is 0 Å². The highest BCUT2D eigenvalue weighted by Gasteiger charge is 2.38. The van der Waals surface area contributed by atoms with Gasteiger partial charge < -0.3 is 14.6 Å². The number of carbonyl (C=O) groups is 1. The third kappa shape index (κ3) is 3.68. The molecule has 0 aliphatic carbocycles. The number of halogens is 5. The van der Waals surface area contributed by atoms with Crippen LogP contribution in [0.2, 0.25) is 0 Å². The monoisotopic (exact) mass is 301 g/mol. The molecule has 5 nitrogen and oxygen atoms in total. The Morgan fingerprint density at radius 2 is 2.05 bits per heavy atom. The number of aromatic nitrogens is 1. The molecule has 10 heteroatoms. The molecule has 1 aromatic rings. The predicted molar refractivity (Wildman–Crippen MR) is 53.5 cm³/mol. The highest BCUT2D eigenvalue weighted by molar-refractivity contribution is 5.95. The molecule has 0 spiro atoms. The molecule has 1 heterocycles. The standard InChI is InChI=1S/C10H8F5NO4/c1-2-19-9(18)5-4(17)3-16-6(8(11)12)7(5)20-10(13,14)15/h3,8,17H,2H2,1H3. The van der Waals surface area contributed by atoms with Gasteiger partial charge in [-0.2, -0.15) is 0 Å². The first-order valence-corrected chi connectivity index (χ1v) is 5.10. The lowest BCUT2D eigenvalue weighted by Gasteiger charge is -2.16. The normalized spacial score (nSPS) is 11.6. The Kier molecular flexibility index (Phi) is 4.69. The molecule has 1 N–H and O–H groups in total. The van der Waals surface area contributed by atoms with Crippen LogP contribution in [0.1, 0.15) is 29.4 Å². The molecule has 20 heavy (non-hydrogen) atoms. The zero-order valence-corrected chi connectivity index (χ0v) is 9.87. The summed E-state index contributed by atoms with van der Waals surface area (Å²) in [5.74, 6) is -4.08. The van der Waals surface area contributed by atoms with Crippen LogP contribution in [-0.2, 0) is 4.74 Å². The molecule has 0 fully saturated rings. The molecule has 0 radical (unpaired) electrons. The van der Waals surface area contributed by atoms with Crippen molar-refractivity contribution in [2.75, 3.05) is 6.61 Å². The van der Waals surface area contributed by atoms with Crippen molar-refractivity contribution in [2.45, 2.75) is 19.7 Å². The maximum atomic E-state index is 12.6. The molecular weight excluding hydrogens is 293 g/mol. The first kappa shape index (κ1) is 15.9. The van der Waals surface area contributed by atoms with Gasteiger partial charge in [0.2, 0.25) is 0 Å². The second-order valence-electron chi connectivity index (χ2n) is 3.30. The van der Waals surface area contributed by atoms with E-state index in [0.29, 0.717) is 6.20 Å². The molecular formula is C10H8F5NO4. The number of hydrogen-bond acceptors (Lipinski definition) is 5. The Morgan fingerprint density at radius 1 is 1.45 bits per heavy atom. The van der Waals surface area contributed by atoms with Crippen molar-refractivity contribution in [1.82, 2.24) is 4.98 Å². The first-order valence-electron chi connectivity index (χ1n) is 5.10. The van der Waals surface area contributed by atoms with Crippen LogP contribution in [0.15, 0.2) is 6.20 Å². The van der Waals surface area contributed by atoms with Gasteiger partial charge in [0.25, 0.3) is 6.43 Å². The number of carbonyl (C=O) groups excluding carboxylic acids is 1. The van der Waals surface area contributed by atoms with Crippen molar-refractivity contribution in [3.8, 4) is 11.5 Å². The molecule has 0 saturated heterocycles. The van der Waals surface area contributed by atoms with E-state index in [0.717, 1.165) is 0 Å². The number of pyridine rings is 1. The van der Waals surface area contributed by atoms with Crippen LogP contribution in [0.3, 0.4) is 0 Å². The summed E-state index contributed by atoms with van der Waals surface area (Å²) in [6.07, 6.45) is -8.38. The van der Waals surface area contributed by atoms with E-state index in [4.69, 9.17) is 0 Å². The number of hydrogen-bond donors (Lipinski definition) is 1. The van der Waals surface area contributed by atoms with Gasteiger partial charge >= 0.3 is 12.3 Å². The molecule has 0 saturated carbocycles. The Bertz CT molecular complexity index is 503. The fourth-order valence-electron chi connectivity index (χ4n) is 1.27. The lowest BCUT2D eigenvalue weighted by molar-refractivity contribution is -0.275. The fourth-order valence-corrected chi connectivity index (χ4v) is 1.27. The van der Waals surface area contributed by atoms with Crippen molar-refractivity contribution in [3.05, 3.63) is 17.5 Å². The van der Waals surface area contributed by atoms with Gasteiger partial charge in [0, 0.05) is 0 Å². The predicted octanol–water partition coefficient (Wildman–Crippen LogP) is 2.80. The molecule has 0 aromatic carbocycles. The van der Waals surface area contributed by atoms with Gasteiger partial charge in [-0.05, 0) is 6.92 Å². The third-order valence-electron chi connectivity index (χ3n) is 1.95. The molecule has 0 aliphatic heterocycles. The fraction of sp³-hybridized carbons (Fsp3) is 0.400. The molecule has 0 bridgehead atoms. The molecule has 112 valence electrons. The molecule has 1 aromatic heterocycles. The number of alkyl halides is 5. The van der Waals surface area contributed by atoms with Crippen molar-refractivity contribution >= 4 is 5.97 Å². The third-order valence-corrected chi connectivity index (χ3v) is 1.95. The topological polar surface area (TPSA) is 68.7 Å². The smallest absolute Gasteiger partial charge is 0.505 e. The van der Waals surface area contributed by atoms with Gasteiger partial charge in [-0.1, -0.05) is 0 Å². The van der Waals surface area contributed by atoms with Crippen LogP contribution in [-0.4, -0.2) is 29.0 Å². The number of aromatic hydroxyl groups is 1. The van der Waals surface area contributed by atoms with Gasteiger partial charge in [-0.15, -0.1) is 13.2 Å². The second kappa shape index (κ2) is 5.88. The minimum absolute atomic E-state index is 0.240. The average Bonchev–Trinajstić information content (AvgIpc) is 2.26. The highest BCUT2D eigenvalue weighted by atomic mass is 19.4. The van der Waals surface area contributed by atoms with Gasteiger partial charge in [-0.25, -0.2) is 18.6 Å². The Balaban J connectivity index is 3.45. The second-order valence-corrected chi connectivity index (χ2v) is 3.30. The summed E-state index contributed by atoms with van der Waals surface area (Å²) < 4.78 is 69.6. The highest BCUT2D eigenvalue weighted by Crippen LogP contribution is 2.38. The largest absolute Gasteiger partial charge is 0.573 e. The van der Waals surface area contributed by atoms with Crippen LogP contribution in [0, 0.1) is 0 Å². The van der Waals surface area contributed by atoms with E-state index >= 15 is 0 Å². The Morgan fingerprint density at radius 3 is 2.50 bits per heavy atom. The average molecular weight is 301 g/mol. The number of esters is 1. The lowest BCUT2D eigenvalue weighted by Crippen LogP contribution is -2.21. The van der Waals surface area contributed by atoms with Crippen molar-refractivity contribution in [3.63, 3.8) is 0 Å². The van der Waals surface area contributed by atoms with Crippen molar-refractivity contribution in [1.29, 1.82) is 0 Å². The van der Waals surface area contributed by atoms with Crippen LogP contribution >= 0.6 is 0 Å². The summed E-state index contributed by atoms with van der Waals surface area (Å²) in [6, 6.07) is 0. The molecule has 0 aliphatic rings. The van der Waals surface area contributed by atoms with Gasteiger partial charge in [0.15, 0.2) is 11.5 Å². The summed E-state index contributed by atoms with van der Waals surface area (Å²) in [5, 5.41) is 9.34. The maximum absolute atomic E-state index is 12.6. The van der Waals surface area contributed by atoms with E-state index in [9.17, 15) is 31.9 Å². The van der Waals surface area contributed by atoms with Gasteiger partial charge in [0.05, 0.1) is 12.8 Å². The minimum Gasteiger partial charge on any atom is -0.505 e. The van der Waals surface area contributed by atoms with Crippen LogP contribution in [0.5, 0.6) is 11.5 Å². The zero-order valence-electron chi connectivity index (χ0n) is 9.87. The zero-order chi connectivity index (χ0) is 15.5. The molecule has 0 unspecified atom stereocenters. The van der Waals surface area contributed by atoms with E-state index in [1.807, 2.05) is 0 Å². The molecule has 1 rings (SSSR count). The Labute approximate surface area is 108 Å². The summed E-state index contributed by atoms with van der Waals surface area (Å²) in [6.45, 7) is 1.10. The summed E-state index contributed by atoms with van der Waals surface area (Å²) in [5.41, 5.74) is -2.59. The van der Waals surface area contributed by atoms with Crippen LogP contribution in [0.25, 0.3) is 0 Å². The lowest BCUT2D eigenvalue weighted by atomic mass is 10.2. The van der Waals surface area contributed by atoms with E-state index in [1.165, 1.54) is 6.92 Å². The summed E-state index contributed by atoms with van der Waals surface area (Å²) in [7, 11) is 0. The minimum atomic E-state index is -5.35. The SMILES string of the molecule is CCOC(=O)c1c(O)cnc(C(F)F)c1OC(F)(F)F. The summed E-state index contributed by atoms with van der Waals surface area (Å²) in [4.78, 5) is 14.4. The van der Waals surface area contributed by atoms with E-state index < -0.39 is 41.5 Å². The van der Waals surface area contributed by atoms with Crippen LogP contribution in [0.4, 0.5) is 22.0 Å². The quantitative estimate of drug-likeness (QED) is 0.684. The Hall–Kier alpha value is -2.13. The number of rotatable bonds is 4. The maximum Gasteiger partial charge on any atom is 0.573 e. The van der Waals surface area contributed by atoms with Crippen molar-refractivity contribution in [2.24, 2.45) is 0 Å². The van der Waals surface area contributed by atoms with Crippen molar-refractivity contribution < 1.29 is 41.3 Å². The summed E-state index contributed by atoms with van der Waals surface area (Å²) >= 11 is 0.